The summed E-state index contributed by atoms with van der Waals surface area (Å²) in [5.74, 6) is 0.850. The van der Waals surface area contributed by atoms with Crippen LogP contribution in [-0.4, -0.2) is 49.1 Å². The molecule has 2 aliphatic rings. The van der Waals surface area contributed by atoms with Crippen molar-refractivity contribution in [1.82, 2.24) is 15.5 Å². The zero-order chi connectivity index (χ0) is 14.4. The zero-order valence-electron chi connectivity index (χ0n) is 13.2. The minimum atomic E-state index is 0.212. The highest BCUT2D eigenvalue weighted by Crippen LogP contribution is 2.23. The minimum Gasteiger partial charge on any atom is -0.352 e. The van der Waals surface area contributed by atoms with Gasteiger partial charge in [-0.15, -0.1) is 0 Å². The van der Waals surface area contributed by atoms with E-state index < -0.39 is 0 Å². The number of likely N-dealkylation sites (N-methyl/N-ethyl adjacent to an activating group) is 1. The molecule has 2 N–H and O–H groups in total. The van der Waals surface area contributed by atoms with E-state index in [-0.39, 0.29) is 5.91 Å². The largest absolute Gasteiger partial charge is 0.352 e. The fourth-order valence-corrected chi connectivity index (χ4v) is 3.52. The molecule has 116 valence electrons. The second-order valence-electron chi connectivity index (χ2n) is 6.56. The Bertz CT molecular complexity index is 302. The lowest BCUT2D eigenvalue weighted by atomic mass is 9.86. The molecule has 1 aliphatic carbocycles. The molecule has 0 aromatic rings. The van der Waals surface area contributed by atoms with Crippen LogP contribution >= 0.6 is 0 Å². The van der Waals surface area contributed by atoms with Gasteiger partial charge in [0.1, 0.15) is 0 Å². The topological polar surface area (TPSA) is 44.4 Å². The summed E-state index contributed by atoms with van der Waals surface area (Å²) in [6.45, 7) is 8.05. The van der Waals surface area contributed by atoms with Crippen molar-refractivity contribution in [2.75, 3.05) is 26.2 Å². The number of hydrogen-bond donors (Lipinski definition) is 2. The molecule has 2 fully saturated rings. The number of rotatable bonds is 6. The summed E-state index contributed by atoms with van der Waals surface area (Å²) in [6, 6.07) is 0.982. The van der Waals surface area contributed by atoms with E-state index in [2.05, 4.69) is 29.4 Å². The molecule has 0 bridgehead atoms. The van der Waals surface area contributed by atoms with Gasteiger partial charge in [-0.2, -0.15) is 0 Å². The maximum absolute atomic E-state index is 12.2. The molecule has 0 spiro atoms. The van der Waals surface area contributed by atoms with E-state index in [1.165, 1.54) is 32.1 Å². The van der Waals surface area contributed by atoms with Gasteiger partial charge in [-0.3, -0.25) is 9.69 Å². The molecule has 3 atom stereocenters. The van der Waals surface area contributed by atoms with Gasteiger partial charge in [0.25, 0.3) is 0 Å². The average Bonchev–Trinajstić information content (AvgIpc) is 2.93. The van der Waals surface area contributed by atoms with Gasteiger partial charge < -0.3 is 10.6 Å². The summed E-state index contributed by atoms with van der Waals surface area (Å²) in [4.78, 5) is 14.5. The summed E-state index contributed by atoms with van der Waals surface area (Å²) in [5, 5.41) is 6.77. The second-order valence-corrected chi connectivity index (χ2v) is 6.56. The zero-order valence-corrected chi connectivity index (χ0v) is 13.2. The van der Waals surface area contributed by atoms with E-state index in [0.717, 1.165) is 26.1 Å². The maximum Gasteiger partial charge on any atom is 0.234 e. The first-order valence-corrected chi connectivity index (χ1v) is 8.44. The average molecular weight is 281 g/mol. The van der Waals surface area contributed by atoms with Gasteiger partial charge in [-0.1, -0.05) is 26.7 Å². The molecule has 0 radical (unpaired) electrons. The lowest BCUT2D eigenvalue weighted by Crippen LogP contribution is -2.47. The van der Waals surface area contributed by atoms with Crippen LogP contribution in [0.5, 0.6) is 0 Å². The van der Waals surface area contributed by atoms with Crippen LogP contribution in [0.3, 0.4) is 0 Å². The molecule has 4 nitrogen and oxygen atoms in total. The first-order chi connectivity index (χ1) is 9.69. The van der Waals surface area contributed by atoms with Gasteiger partial charge >= 0.3 is 0 Å². The van der Waals surface area contributed by atoms with Crippen LogP contribution in [0.2, 0.25) is 0 Å². The molecule has 0 aromatic heterocycles. The molecule has 20 heavy (non-hydrogen) atoms. The van der Waals surface area contributed by atoms with Crippen LogP contribution in [-0.2, 0) is 4.79 Å². The van der Waals surface area contributed by atoms with Gasteiger partial charge in [0.05, 0.1) is 6.54 Å². The molecule has 1 amide bonds. The number of nitrogens with one attached hydrogen (secondary N) is 2. The molecule has 1 saturated carbocycles. The van der Waals surface area contributed by atoms with Crippen LogP contribution in [0.4, 0.5) is 0 Å². The van der Waals surface area contributed by atoms with Gasteiger partial charge in [0.15, 0.2) is 0 Å². The van der Waals surface area contributed by atoms with Crippen LogP contribution < -0.4 is 10.6 Å². The Morgan fingerprint density at radius 3 is 2.70 bits per heavy atom. The van der Waals surface area contributed by atoms with Crippen molar-refractivity contribution in [2.45, 2.75) is 64.5 Å². The summed E-state index contributed by atoms with van der Waals surface area (Å²) in [6.07, 6.45) is 7.52. The molecule has 0 aromatic carbocycles. The van der Waals surface area contributed by atoms with E-state index in [0.29, 0.717) is 24.5 Å². The maximum atomic E-state index is 12.2. The second kappa shape index (κ2) is 7.99. The quantitative estimate of drug-likeness (QED) is 0.780. The number of nitrogens with zero attached hydrogens (tertiary/aromatic N) is 1. The monoisotopic (exact) mass is 281 g/mol. The highest BCUT2D eigenvalue weighted by atomic mass is 16.2. The highest BCUT2D eigenvalue weighted by Gasteiger charge is 2.24. The molecule has 2 rings (SSSR count). The Hall–Kier alpha value is -0.610. The van der Waals surface area contributed by atoms with Crippen molar-refractivity contribution in [2.24, 2.45) is 5.92 Å². The lowest BCUT2D eigenvalue weighted by molar-refractivity contribution is -0.123. The normalized spacial score (nSPS) is 30.6. The van der Waals surface area contributed by atoms with E-state index >= 15 is 0 Å². The first-order valence-electron chi connectivity index (χ1n) is 8.44. The van der Waals surface area contributed by atoms with Gasteiger partial charge in [0.2, 0.25) is 5.91 Å². The van der Waals surface area contributed by atoms with E-state index in [4.69, 9.17) is 0 Å². The molecule has 1 saturated heterocycles. The summed E-state index contributed by atoms with van der Waals surface area (Å²) >= 11 is 0. The Morgan fingerprint density at radius 1 is 1.25 bits per heavy atom. The van der Waals surface area contributed by atoms with Crippen LogP contribution in [0.1, 0.15) is 52.4 Å². The predicted octanol–water partition coefficient (Wildman–Crippen LogP) is 1.76. The number of carbonyl (C=O) groups is 1. The molecular formula is C16H31N3O. The molecule has 1 aliphatic heterocycles. The molecular weight excluding hydrogens is 250 g/mol. The SMILES string of the molecule is CCN(CC(=O)NC1CCCCC1C)CC1CCCN1. The van der Waals surface area contributed by atoms with Crippen molar-refractivity contribution in [1.29, 1.82) is 0 Å². The third-order valence-electron chi connectivity index (χ3n) is 4.91. The predicted molar refractivity (Wildman–Crippen MR) is 82.7 cm³/mol. The summed E-state index contributed by atoms with van der Waals surface area (Å²) in [7, 11) is 0. The molecule has 4 heteroatoms. The van der Waals surface area contributed by atoms with Crippen molar-refractivity contribution in [3.63, 3.8) is 0 Å². The van der Waals surface area contributed by atoms with Crippen LogP contribution in [0.15, 0.2) is 0 Å². The van der Waals surface area contributed by atoms with Crippen molar-refractivity contribution in [3.8, 4) is 0 Å². The van der Waals surface area contributed by atoms with Crippen LogP contribution in [0.25, 0.3) is 0 Å². The standard InChI is InChI=1S/C16H31N3O/c1-3-19(11-14-8-6-10-17-14)12-16(20)18-15-9-5-4-7-13(15)2/h13-15,17H,3-12H2,1-2H3,(H,18,20). The summed E-state index contributed by atoms with van der Waals surface area (Å²) < 4.78 is 0. The smallest absolute Gasteiger partial charge is 0.234 e. The fourth-order valence-electron chi connectivity index (χ4n) is 3.52. The lowest BCUT2D eigenvalue weighted by Gasteiger charge is -2.31. The van der Waals surface area contributed by atoms with Gasteiger partial charge in [-0.05, 0) is 44.7 Å². The third kappa shape index (κ3) is 4.74. The Balaban J connectivity index is 1.73. The van der Waals surface area contributed by atoms with Crippen LogP contribution in [0, 0.1) is 5.92 Å². The first kappa shape index (κ1) is 15.8. The van der Waals surface area contributed by atoms with Crippen molar-refractivity contribution < 1.29 is 4.79 Å². The highest BCUT2D eigenvalue weighted by molar-refractivity contribution is 5.78. The Morgan fingerprint density at radius 2 is 2.05 bits per heavy atom. The van der Waals surface area contributed by atoms with Crippen molar-refractivity contribution >= 4 is 5.91 Å². The summed E-state index contributed by atoms with van der Waals surface area (Å²) in [5.41, 5.74) is 0. The van der Waals surface area contributed by atoms with E-state index in [1.54, 1.807) is 0 Å². The molecule has 1 heterocycles. The number of carbonyl (C=O) groups excluding carboxylic acids is 1. The minimum absolute atomic E-state index is 0.212. The third-order valence-corrected chi connectivity index (χ3v) is 4.91. The fraction of sp³-hybridized carbons (Fsp3) is 0.938. The van der Waals surface area contributed by atoms with E-state index in [9.17, 15) is 4.79 Å². The van der Waals surface area contributed by atoms with Gasteiger partial charge in [0, 0.05) is 18.6 Å². The molecule has 3 unspecified atom stereocenters. The van der Waals surface area contributed by atoms with Crippen molar-refractivity contribution in [3.05, 3.63) is 0 Å². The van der Waals surface area contributed by atoms with E-state index in [1.807, 2.05) is 0 Å². The van der Waals surface area contributed by atoms with Gasteiger partial charge in [-0.25, -0.2) is 0 Å². The number of hydrogen-bond acceptors (Lipinski definition) is 3. The Labute approximate surface area is 123 Å². The number of amides is 1. The Kier molecular flexibility index (Phi) is 6.30.